The predicted octanol–water partition coefficient (Wildman–Crippen LogP) is 4.59. The van der Waals surface area contributed by atoms with Crippen LogP contribution in [0.25, 0.3) is 11.1 Å². The minimum atomic E-state index is -1.34. The first-order valence-corrected chi connectivity index (χ1v) is 9.38. The van der Waals surface area contributed by atoms with Gasteiger partial charge in [-0.15, -0.1) is 0 Å². The Balaban J connectivity index is 1.64. The smallest absolute Gasteiger partial charge is 0.206 e. The number of morpholine rings is 1. The molecule has 0 aromatic heterocycles. The highest BCUT2D eigenvalue weighted by Crippen LogP contribution is 2.39. The van der Waals surface area contributed by atoms with Gasteiger partial charge in [0.1, 0.15) is 6.10 Å². The van der Waals surface area contributed by atoms with Crippen LogP contribution in [0.15, 0.2) is 84.9 Å². The quantitative estimate of drug-likeness (QED) is 0.742. The van der Waals surface area contributed by atoms with E-state index in [-0.39, 0.29) is 12.1 Å². The summed E-state index contributed by atoms with van der Waals surface area (Å²) in [6.07, 6.45) is -0.191. The molecule has 0 spiro atoms. The summed E-state index contributed by atoms with van der Waals surface area (Å²) in [5.74, 6) is -1.34. The Hall–Kier alpha value is -2.46. The molecule has 1 aliphatic rings. The Morgan fingerprint density at radius 1 is 0.852 bits per heavy atom. The topological polar surface area (TPSA) is 32.7 Å². The van der Waals surface area contributed by atoms with Crippen LogP contribution in [0.3, 0.4) is 0 Å². The molecular formula is C24H25NO2. The maximum Gasteiger partial charge on any atom is 0.206 e. The van der Waals surface area contributed by atoms with Gasteiger partial charge in [-0.1, -0.05) is 84.9 Å². The van der Waals surface area contributed by atoms with Crippen molar-refractivity contribution in [3.63, 3.8) is 0 Å². The van der Waals surface area contributed by atoms with Crippen molar-refractivity contribution in [2.24, 2.45) is 0 Å². The third-order valence-electron chi connectivity index (χ3n) is 5.49. The molecule has 0 saturated carbocycles. The molecule has 1 fully saturated rings. The highest BCUT2D eigenvalue weighted by atomic mass is 16.6. The zero-order chi connectivity index (χ0) is 18.9. The first-order valence-electron chi connectivity index (χ1n) is 9.38. The molecule has 0 amide bonds. The van der Waals surface area contributed by atoms with Crippen LogP contribution in [-0.4, -0.2) is 29.6 Å². The van der Waals surface area contributed by atoms with Crippen molar-refractivity contribution in [3.05, 3.63) is 96.1 Å². The average Bonchev–Trinajstić information content (AvgIpc) is 2.72. The second kappa shape index (κ2) is 7.28. The molecule has 3 heteroatoms. The van der Waals surface area contributed by atoms with Crippen molar-refractivity contribution in [1.29, 1.82) is 0 Å². The van der Waals surface area contributed by atoms with Crippen molar-refractivity contribution in [2.75, 3.05) is 13.6 Å². The van der Waals surface area contributed by atoms with Crippen LogP contribution in [0.1, 0.15) is 24.2 Å². The van der Waals surface area contributed by atoms with E-state index in [0.29, 0.717) is 6.54 Å². The van der Waals surface area contributed by atoms with Gasteiger partial charge in [0.2, 0.25) is 5.79 Å². The van der Waals surface area contributed by atoms with E-state index in [2.05, 4.69) is 36.1 Å². The fourth-order valence-corrected chi connectivity index (χ4v) is 3.76. The van der Waals surface area contributed by atoms with Crippen molar-refractivity contribution >= 4 is 0 Å². The molecule has 0 bridgehead atoms. The summed E-state index contributed by atoms with van der Waals surface area (Å²) in [5, 5.41) is 11.4. The molecule has 1 saturated heterocycles. The highest BCUT2D eigenvalue weighted by Gasteiger charge is 2.43. The van der Waals surface area contributed by atoms with Gasteiger partial charge in [-0.3, -0.25) is 4.90 Å². The van der Waals surface area contributed by atoms with E-state index < -0.39 is 5.79 Å². The summed E-state index contributed by atoms with van der Waals surface area (Å²) in [7, 11) is 2.03. The van der Waals surface area contributed by atoms with Crippen LogP contribution >= 0.6 is 0 Å². The van der Waals surface area contributed by atoms with Crippen molar-refractivity contribution in [3.8, 4) is 11.1 Å². The number of hydrogen-bond donors (Lipinski definition) is 1. The number of hydrogen-bond acceptors (Lipinski definition) is 3. The third kappa shape index (κ3) is 3.54. The molecule has 27 heavy (non-hydrogen) atoms. The van der Waals surface area contributed by atoms with Gasteiger partial charge >= 0.3 is 0 Å². The van der Waals surface area contributed by atoms with Gasteiger partial charge in [-0.25, -0.2) is 0 Å². The van der Waals surface area contributed by atoms with Crippen molar-refractivity contribution in [1.82, 2.24) is 4.90 Å². The zero-order valence-electron chi connectivity index (χ0n) is 15.7. The third-order valence-corrected chi connectivity index (χ3v) is 5.49. The number of likely N-dealkylation sites (N-methyl/N-ethyl adjacent to an activating group) is 1. The first kappa shape index (κ1) is 17.9. The zero-order valence-corrected chi connectivity index (χ0v) is 15.7. The van der Waals surface area contributed by atoms with Gasteiger partial charge < -0.3 is 9.84 Å². The van der Waals surface area contributed by atoms with Crippen LogP contribution < -0.4 is 0 Å². The lowest BCUT2D eigenvalue weighted by atomic mass is 9.94. The van der Waals surface area contributed by atoms with Gasteiger partial charge in [-0.05, 0) is 30.7 Å². The molecular weight excluding hydrogens is 334 g/mol. The standard InChI is InChI=1S/C24H25NO2/c1-18-23(21-11-7-4-8-12-21)27-24(26,17-25(18)2)22-15-13-20(14-16-22)19-9-5-3-6-10-19/h3-16,18,23,26H,17H2,1-2H3/t18-,23+,24-/m0/s1. The Morgan fingerprint density at radius 3 is 2.04 bits per heavy atom. The predicted molar refractivity (Wildman–Crippen MR) is 108 cm³/mol. The Morgan fingerprint density at radius 2 is 1.41 bits per heavy atom. The normalized spacial score (nSPS) is 26.0. The molecule has 3 aromatic carbocycles. The van der Waals surface area contributed by atoms with Crippen LogP contribution in [-0.2, 0) is 10.5 Å². The number of nitrogens with zero attached hydrogens (tertiary/aromatic N) is 1. The van der Waals surface area contributed by atoms with E-state index >= 15 is 0 Å². The molecule has 0 aliphatic carbocycles. The molecule has 1 N–H and O–H groups in total. The number of ether oxygens (including phenoxy) is 1. The molecule has 138 valence electrons. The van der Waals surface area contributed by atoms with Gasteiger partial charge in [0, 0.05) is 11.6 Å². The molecule has 0 unspecified atom stereocenters. The Labute approximate surface area is 160 Å². The molecule has 4 rings (SSSR count). The van der Waals surface area contributed by atoms with E-state index in [1.54, 1.807) is 0 Å². The maximum absolute atomic E-state index is 11.4. The highest BCUT2D eigenvalue weighted by molar-refractivity contribution is 5.63. The maximum atomic E-state index is 11.4. The summed E-state index contributed by atoms with van der Waals surface area (Å²) < 4.78 is 6.29. The summed E-state index contributed by atoms with van der Waals surface area (Å²) in [6, 6.07) is 28.6. The SMILES string of the molecule is C[C@H]1[C@H](c2ccccc2)O[C@](O)(c2ccc(-c3ccccc3)cc2)CN1C. The Bertz CT molecular complexity index is 879. The van der Waals surface area contributed by atoms with Crippen LogP contribution in [0.5, 0.6) is 0 Å². The monoisotopic (exact) mass is 359 g/mol. The van der Waals surface area contributed by atoms with Gasteiger partial charge in [0.05, 0.1) is 6.54 Å². The Kier molecular flexibility index (Phi) is 4.83. The number of β-amino-alcohol motifs (C(OH)–C–C–N with tert-alkyl or cyclic N) is 1. The van der Waals surface area contributed by atoms with Crippen LogP contribution in [0.2, 0.25) is 0 Å². The van der Waals surface area contributed by atoms with E-state index in [4.69, 9.17) is 4.74 Å². The summed E-state index contributed by atoms with van der Waals surface area (Å²) in [6.45, 7) is 2.57. The van der Waals surface area contributed by atoms with Crippen LogP contribution in [0, 0.1) is 0 Å². The molecule has 3 nitrogen and oxygen atoms in total. The molecule has 3 atom stereocenters. The largest absolute Gasteiger partial charge is 0.361 e. The fraction of sp³-hybridized carbons (Fsp3) is 0.250. The molecule has 0 radical (unpaired) electrons. The average molecular weight is 359 g/mol. The first-order chi connectivity index (χ1) is 13.1. The molecule has 1 aliphatic heterocycles. The summed E-state index contributed by atoms with van der Waals surface area (Å²) in [4.78, 5) is 2.16. The van der Waals surface area contributed by atoms with E-state index in [1.165, 1.54) is 0 Å². The van der Waals surface area contributed by atoms with Crippen molar-refractivity contribution in [2.45, 2.75) is 24.9 Å². The van der Waals surface area contributed by atoms with Crippen LogP contribution in [0.4, 0.5) is 0 Å². The lowest BCUT2D eigenvalue weighted by Crippen LogP contribution is -2.53. The van der Waals surface area contributed by atoms with E-state index in [1.807, 2.05) is 67.7 Å². The van der Waals surface area contributed by atoms with Gasteiger partial charge in [0.15, 0.2) is 0 Å². The van der Waals surface area contributed by atoms with E-state index in [9.17, 15) is 5.11 Å². The minimum Gasteiger partial charge on any atom is -0.361 e. The summed E-state index contributed by atoms with van der Waals surface area (Å²) in [5.41, 5.74) is 4.14. The lowest BCUT2D eigenvalue weighted by Gasteiger charge is -2.46. The second-order valence-corrected chi connectivity index (χ2v) is 7.33. The van der Waals surface area contributed by atoms with Crippen molar-refractivity contribution < 1.29 is 9.84 Å². The van der Waals surface area contributed by atoms with Gasteiger partial charge in [-0.2, -0.15) is 0 Å². The number of benzene rings is 3. The molecule has 3 aromatic rings. The van der Waals surface area contributed by atoms with E-state index in [0.717, 1.165) is 22.3 Å². The number of aliphatic hydroxyl groups is 1. The lowest BCUT2D eigenvalue weighted by molar-refractivity contribution is -0.289. The summed E-state index contributed by atoms with van der Waals surface area (Å²) >= 11 is 0. The molecule has 1 heterocycles. The fourth-order valence-electron chi connectivity index (χ4n) is 3.76. The second-order valence-electron chi connectivity index (χ2n) is 7.33. The number of rotatable bonds is 3. The minimum absolute atomic E-state index is 0.177. The van der Waals surface area contributed by atoms with Gasteiger partial charge in [0.25, 0.3) is 0 Å².